The van der Waals surface area contributed by atoms with Gasteiger partial charge in [-0.05, 0) is 36.8 Å². The number of benzene rings is 2. The second-order valence-corrected chi connectivity index (χ2v) is 5.07. The van der Waals surface area contributed by atoms with Crippen LogP contribution in [0.3, 0.4) is 0 Å². The lowest BCUT2D eigenvalue weighted by atomic mass is 10.2. The lowest BCUT2D eigenvalue weighted by molar-refractivity contribution is -0.136. The summed E-state index contributed by atoms with van der Waals surface area (Å²) in [6, 6.07) is 11.1. The zero-order chi connectivity index (χ0) is 16.8. The molecule has 0 radical (unpaired) electrons. The molecule has 0 saturated carbocycles. The number of carbonyl (C=O) groups is 2. The van der Waals surface area contributed by atoms with Gasteiger partial charge in [-0.25, -0.2) is 9.82 Å². The van der Waals surface area contributed by atoms with E-state index in [9.17, 15) is 14.0 Å². The summed E-state index contributed by atoms with van der Waals surface area (Å²) < 4.78 is 13.5. The minimum absolute atomic E-state index is 0.0218. The van der Waals surface area contributed by atoms with Crippen molar-refractivity contribution in [3.8, 4) is 0 Å². The predicted octanol–water partition coefficient (Wildman–Crippen LogP) is 2.88. The van der Waals surface area contributed by atoms with Gasteiger partial charge in [0.25, 0.3) is 0 Å². The predicted molar refractivity (Wildman–Crippen MR) is 87.0 cm³/mol. The standard InChI is InChI=1S/C16H13ClFN3O2/c1-10-4-2-5-11(8-10)20-15(22)16(23)21-19-9-12-13(17)6-3-7-14(12)18/h2-9H,1H3,(H,20,22)(H,21,23)/b19-9-. The fourth-order valence-corrected chi connectivity index (χ4v) is 1.96. The molecule has 2 rings (SSSR count). The van der Waals surface area contributed by atoms with Gasteiger partial charge in [0.05, 0.1) is 11.2 Å². The Bertz CT molecular complexity index is 757. The van der Waals surface area contributed by atoms with Gasteiger partial charge in [-0.1, -0.05) is 29.8 Å². The second kappa shape index (κ2) is 7.51. The van der Waals surface area contributed by atoms with Crippen LogP contribution in [0.2, 0.25) is 5.02 Å². The number of hydrogen-bond donors (Lipinski definition) is 2. The number of halogens is 2. The third-order valence-corrected chi connectivity index (χ3v) is 3.17. The number of hydrogen-bond acceptors (Lipinski definition) is 3. The number of nitrogens with one attached hydrogen (secondary N) is 2. The average molecular weight is 334 g/mol. The van der Waals surface area contributed by atoms with Crippen LogP contribution in [0, 0.1) is 12.7 Å². The van der Waals surface area contributed by atoms with E-state index < -0.39 is 17.6 Å². The van der Waals surface area contributed by atoms with E-state index in [2.05, 4.69) is 10.4 Å². The van der Waals surface area contributed by atoms with E-state index in [1.165, 1.54) is 18.2 Å². The largest absolute Gasteiger partial charge is 0.329 e. The van der Waals surface area contributed by atoms with Gasteiger partial charge in [-0.15, -0.1) is 0 Å². The molecule has 0 atom stereocenters. The summed E-state index contributed by atoms with van der Waals surface area (Å²) in [5.74, 6) is -2.44. The summed E-state index contributed by atoms with van der Waals surface area (Å²) in [6.45, 7) is 1.86. The van der Waals surface area contributed by atoms with Gasteiger partial charge in [0.1, 0.15) is 5.82 Å². The van der Waals surface area contributed by atoms with E-state index in [0.29, 0.717) is 5.69 Å². The van der Waals surface area contributed by atoms with E-state index >= 15 is 0 Å². The van der Waals surface area contributed by atoms with Crippen molar-refractivity contribution in [3.05, 3.63) is 64.4 Å². The summed E-state index contributed by atoms with van der Waals surface area (Å²) in [5, 5.41) is 6.11. The fraction of sp³-hybridized carbons (Fsp3) is 0.0625. The Morgan fingerprint density at radius 3 is 2.61 bits per heavy atom. The van der Waals surface area contributed by atoms with Crippen molar-refractivity contribution < 1.29 is 14.0 Å². The Kier molecular flexibility index (Phi) is 5.43. The third-order valence-electron chi connectivity index (χ3n) is 2.84. The van der Waals surface area contributed by atoms with Crippen LogP contribution in [-0.2, 0) is 9.59 Å². The molecule has 0 bridgehead atoms. The first-order valence-corrected chi connectivity index (χ1v) is 7.00. The molecule has 118 valence electrons. The van der Waals surface area contributed by atoms with Gasteiger partial charge in [0, 0.05) is 11.3 Å². The Hall–Kier alpha value is -2.73. The number of amides is 2. The highest BCUT2D eigenvalue weighted by Crippen LogP contribution is 2.16. The highest BCUT2D eigenvalue weighted by Gasteiger charge is 2.13. The van der Waals surface area contributed by atoms with Crippen LogP contribution in [0.15, 0.2) is 47.6 Å². The molecule has 0 aliphatic heterocycles. The summed E-state index contributed by atoms with van der Waals surface area (Å²) in [6.07, 6.45) is 1.04. The molecule has 0 aliphatic rings. The Labute approximate surface area is 137 Å². The van der Waals surface area contributed by atoms with Crippen LogP contribution in [0.1, 0.15) is 11.1 Å². The van der Waals surface area contributed by atoms with E-state index in [1.807, 2.05) is 18.4 Å². The molecule has 2 aromatic carbocycles. The SMILES string of the molecule is Cc1cccc(NC(=O)C(=O)N/N=C\c2c(F)cccc2Cl)c1. The number of aryl methyl sites for hydroxylation is 1. The second-order valence-electron chi connectivity index (χ2n) is 4.66. The first-order valence-electron chi connectivity index (χ1n) is 6.62. The lowest BCUT2D eigenvalue weighted by Gasteiger charge is -2.04. The number of hydrazone groups is 1. The molecule has 2 N–H and O–H groups in total. The molecule has 23 heavy (non-hydrogen) atoms. The smallest absolute Gasteiger partial charge is 0.318 e. The van der Waals surface area contributed by atoms with Crippen molar-refractivity contribution in [2.75, 3.05) is 5.32 Å². The van der Waals surface area contributed by atoms with E-state index in [0.717, 1.165) is 11.8 Å². The lowest BCUT2D eigenvalue weighted by Crippen LogP contribution is -2.32. The zero-order valence-electron chi connectivity index (χ0n) is 12.1. The van der Waals surface area contributed by atoms with Gasteiger partial charge in [-0.2, -0.15) is 5.10 Å². The normalized spacial score (nSPS) is 10.6. The van der Waals surface area contributed by atoms with E-state index in [-0.39, 0.29) is 10.6 Å². The molecule has 0 fully saturated rings. The molecular weight excluding hydrogens is 321 g/mol. The molecule has 0 aliphatic carbocycles. The van der Waals surface area contributed by atoms with E-state index in [4.69, 9.17) is 11.6 Å². The summed E-state index contributed by atoms with van der Waals surface area (Å²) >= 11 is 5.81. The van der Waals surface area contributed by atoms with Crippen LogP contribution in [0.25, 0.3) is 0 Å². The maximum Gasteiger partial charge on any atom is 0.329 e. The minimum atomic E-state index is -0.977. The van der Waals surface area contributed by atoms with Gasteiger partial charge in [0.2, 0.25) is 0 Å². The Balaban J connectivity index is 1.96. The maximum absolute atomic E-state index is 13.5. The molecule has 0 saturated heterocycles. The van der Waals surface area contributed by atoms with E-state index in [1.54, 1.807) is 18.2 Å². The van der Waals surface area contributed by atoms with Crippen molar-refractivity contribution in [2.24, 2.45) is 5.10 Å². The summed E-state index contributed by atoms with van der Waals surface area (Å²) in [5.41, 5.74) is 3.47. The molecule has 2 aromatic rings. The van der Waals surface area contributed by atoms with Gasteiger partial charge in [0.15, 0.2) is 0 Å². The van der Waals surface area contributed by atoms with Crippen molar-refractivity contribution in [2.45, 2.75) is 6.92 Å². The van der Waals surface area contributed by atoms with Crippen molar-refractivity contribution in [3.63, 3.8) is 0 Å². The molecule has 2 amide bonds. The minimum Gasteiger partial charge on any atom is -0.318 e. The topological polar surface area (TPSA) is 70.6 Å². The quantitative estimate of drug-likeness (QED) is 0.515. The number of nitrogens with zero attached hydrogens (tertiary/aromatic N) is 1. The molecule has 0 unspecified atom stereocenters. The van der Waals surface area contributed by atoms with Crippen molar-refractivity contribution in [1.29, 1.82) is 0 Å². The summed E-state index contributed by atoms with van der Waals surface area (Å²) in [4.78, 5) is 23.3. The average Bonchev–Trinajstić information content (AvgIpc) is 2.50. The monoisotopic (exact) mass is 333 g/mol. The van der Waals surface area contributed by atoms with Crippen LogP contribution < -0.4 is 10.7 Å². The first-order chi connectivity index (χ1) is 11.0. The van der Waals surface area contributed by atoms with Gasteiger partial charge < -0.3 is 5.32 Å². The van der Waals surface area contributed by atoms with Crippen molar-refractivity contribution in [1.82, 2.24) is 5.43 Å². The molecule has 0 spiro atoms. The van der Waals surface area contributed by atoms with Crippen LogP contribution >= 0.6 is 11.6 Å². The Morgan fingerprint density at radius 1 is 1.17 bits per heavy atom. The zero-order valence-corrected chi connectivity index (χ0v) is 12.9. The molecular formula is C16H13ClFN3O2. The van der Waals surface area contributed by atoms with Crippen LogP contribution in [-0.4, -0.2) is 18.0 Å². The molecule has 5 nitrogen and oxygen atoms in total. The fourth-order valence-electron chi connectivity index (χ4n) is 1.75. The molecule has 0 aromatic heterocycles. The highest BCUT2D eigenvalue weighted by atomic mass is 35.5. The van der Waals surface area contributed by atoms with Gasteiger partial charge in [-0.3, -0.25) is 9.59 Å². The Morgan fingerprint density at radius 2 is 1.91 bits per heavy atom. The first kappa shape index (κ1) is 16.6. The molecule has 0 heterocycles. The van der Waals surface area contributed by atoms with Crippen LogP contribution in [0.5, 0.6) is 0 Å². The summed E-state index contributed by atoms with van der Waals surface area (Å²) in [7, 11) is 0. The maximum atomic E-state index is 13.5. The number of anilines is 1. The molecule has 7 heteroatoms. The van der Waals surface area contributed by atoms with Crippen LogP contribution in [0.4, 0.5) is 10.1 Å². The van der Waals surface area contributed by atoms with Crippen molar-refractivity contribution >= 4 is 35.3 Å². The number of rotatable bonds is 3. The third kappa shape index (κ3) is 4.62. The highest BCUT2D eigenvalue weighted by molar-refractivity contribution is 6.39. The van der Waals surface area contributed by atoms with Gasteiger partial charge >= 0.3 is 11.8 Å². The number of carbonyl (C=O) groups excluding carboxylic acids is 2.